The maximum Gasteiger partial charge on any atom is 0.314 e. The van der Waals surface area contributed by atoms with Crippen LogP contribution in [0.25, 0.3) is 12.2 Å². The quantitative estimate of drug-likeness (QED) is 0.423. The van der Waals surface area contributed by atoms with Crippen LogP contribution in [0, 0.1) is 17.0 Å². The first kappa shape index (κ1) is 25.1. The summed E-state index contributed by atoms with van der Waals surface area (Å²) in [6, 6.07) is 7.50. The number of piperidine rings is 2. The van der Waals surface area contributed by atoms with Gasteiger partial charge in [0.05, 0.1) is 10.4 Å². The van der Waals surface area contributed by atoms with Gasteiger partial charge in [0.2, 0.25) is 11.6 Å². The Balaban J connectivity index is 1.31. The smallest absolute Gasteiger partial charge is 0.314 e. The van der Waals surface area contributed by atoms with E-state index >= 15 is 0 Å². The minimum Gasteiger partial charge on any atom is -0.618 e. The molecule has 3 aliphatic rings. The molecule has 190 valence electrons. The molecule has 3 heterocycles. The van der Waals surface area contributed by atoms with Crippen molar-refractivity contribution in [3.63, 3.8) is 0 Å². The van der Waals surface area contributed by atoms with Crippen LogP contribution in [-0.2, 0) is 4.79 Å². The Bertz CT molecular complexity index is 1200. The topological polar surface area (TPSA) is 93.6 Å². The molecule has 2 aliphatic heterocycles. The lowest BCUT2D eigenvalue weighted by atomic mass is 9.76. The monoisotopic (exact) mass is 572 g/mol. The average Bonchev–Trinajstić information content (AvgIpc) is 3.01. The van der Waals surface area contributed by atoms with Crippen molar-refractivity contribution in [2.75, 3.05) is 26.2 Å². The number of amides is 3. The number of hydrogen-bond donors (Lipinski definition) is 1. The fourth-order valence-corrected chi connectivity index (χ4v) is 6.62. The molecule has 0 bridgehead atoms. The predicted octanol–water partition coefficient (Wildman–Crippen LogP) is 4.77. The molecule has 0 unspecified atom stereocenters. The van der Waals surface area contributed by atoms with Crippen LogP contribution >= 0.6 is 27.5 Å². The highest BCUT2D eigenvalue weighted by atomic mass is 79.9. The molecule has 3 amide bonds. The van der Waals surface area contributed by atoms with Crippen molar-refractivity contribution >= 4 is 51.6 Å². The molecule has 1 aromatic carbocycles. The average molecular weight is 574 g/mol. The molecule has 1 aliphatic carbocycles. The molecule has 1 atom stereocenters. The van der Waals surface area contributed by atoms with Gasteiger partial charge in [0.15, 0.2) is 6.20 Å². The SMILES string of the molecule is NC(=O)N1CCC(CC(=O)N2CCC([C@H]3c4ccc(Cl)cc4C=Cc4cc(Br)c[n+]([O-])c43)CC2)CC1. The molecular formula is C27H30BrClN4O3. The number of hydrogen-bond acceptors (Lipinski definition) is 3. The Morgan fingerprint density at radius 3 is 2.39 bits per heavy atom. The first-order valence-corrected chi connectivity index (χ1v) is 13.7. The molecule has 2 N–H and O–H groups in total. The van der Waals surface area contributed by atoms with Crippen LogP contribution in [0.5, 0.6) is 0 Å². The van der Waals surface area contributed by atoms with Crippen LogP contribution < -0.4 is 10.5 Å². The van der Waals surface area contributed by atoms with Crippen molar-refractivity contribution in [1.82, 2.24) is 9.80 Å². The minimum atomic E-state index is -0.382. The van der Waals surface area contributed by atoms with E-state index in [1.807, 2.05) is 41.3 Å². The number of pyridine rings is 1. The Hall–Kier alpha value is -2.58. The molecule has 2 fully saturated rings. The van der Waals surface area contributed by atoms with Crippen LogP contribution in [-0.4, -0.2) is 47.9 Å². The molecule has 5 rings (SSSR count). The predicted molar refractivity (Wildman–Crippen MR) is 143 cm³/mol. The Kier molecular flexibility index (Phi) is 7.26. The van der Waals surface area contributed by atoms with Gasteiger partial charge < -0.3 is 20.7 Å². The number of nitrogens with zero attached hydrogens (tertiary/aromatic N) is 3. The number of carbonyl (C=O) groups excluding carboxylic acids is 2. The molecule has 0 radical (unpaired) electrons. The third-order valence-electron chi connectivity index (χ3n) is 7.94. The summed E-state index contributed by atoms with van der Waals surface area (Å²) in [6.07, 6.45) is 9.40. The summed E-state index contributed by atoms with van der Waals surface area (Å²) in [5.74, 6) is 0.625. The lowest BCUT2D eigenvalue weighted by Crippen LogP contribution is -2.44. The number of nitrogens with two attached hydrogens (primary N) is 1. The van der Waals surface area contributed by atoms with Crippen LogP contribution in [0.4, 0.5) is 4.79 Å². The number of urea groups is 1. The van der Waals surface area contributed by atoms with Crippen LogP contribution in [0.15, 0.2) is 34.9 Å². The van der Waals surface area contributed by atoms with E-state index in [0.717, 1.165) is 57.3 Å². The highest BCUT2D eigenvalue weighted by Gasteiger charge is 2.38. The number of carbonyl (C=O) groups is 2. The molecule has 2 saturated heterocycles. The molecule has 7 nitrogen and oxygen atoms in total. The third kappa shape index (κ3) is 5.11. The second kappa shape index (κ2) is 10.4. The number of rotatable bonds is 3. The van der Waals surface area contributed by atoms with E-state index in [9.17, 15) is 14.8 Å². The zero-order valence-corrected chi connectivity index (χ0v) is 22.4. The number of aromatic nitrogens is 1. The first-order chi connectivity index (χ1) is 17.3. The van der Waals surface area contributed by atoms with Gasteiger partial charge in [0.25, 0.3) is 0 Å². The lowest BCUT2D eigenvalue weighted by Gasteiger charge is -2.37. The van der Waals surface area contributed by atoms with E-state index in [4.69, 9.17) is 17.3 Å². The molecule has 9 heteroatoms. The van der Waals surface area contributed by atoms with Gasteiger partial charge in [-0.2, -0.15) is 4.73 Å². The Morgan fingerprint density at radius 1 is 1.03 bits per heavy atom. The molecular weight excluding hydrogens is 544 g/mol. The normalized spacial score (nSPS) is 20.6. The van der Waals surface area contributed by atoms with Gasteiger partial charge in [-0.05, 0) is 88.9 Å². The molecule has 1 aromatic heterocycles. The molecule has 2 aromatic rings. The zero-order chi connectivity index (χ0) is 25.4. The summed E-state index contributed by atoms with van der Waals surface area (Å²) in [5, 5.41) is 13.8. The van der Waals surface area contributed by atoms with Crippen molar-refractivity contribution in [1.29, 1.82) is 0 Å². The number of benzene rings is 1. The first-order valence-electron chi connectivity index (χ1n) is 12.5. The summed E-state index contributed by atoms with van der Waals surface area (Å²) in [5.41, 5.74) is 9.16. The van der Waals surface area contributed by atoms with E-state index < -0.39 is 0 Å². The lowest BCUT2D eigenvalue weighted by molar-refractivity contribution is -0.616. The molecule has 36 heavy (non-hydrogen) atoms. The Labute approximate surface area is 224 Å². The maximum atomic E-state index is 13.2. The van der Waals surface area contributed by atoms with Gasteiger partial charge in [0, 0.05) is 43.2 Å². The highest BCUT2D eigenvalue weighted by Crippen LogP contribution is 2.43. The van der Waals surface area contributed by atoms with Crippen molar-refractivity contribution in [2.24, 2.45) is 17.6 Å². The summed E-state index contributed by atoms with van der Waals surface area (Å²) in [4.78, 5) is 28.1. The summed E-state index contributed by atoms with van der Waals surface area (Å²) < 4.78 is 1.74. The highest BCUT2D eigenvalue weighted by molar-refractivity contribution is 9.10. The van der Waals surface area contributed by atoms with Crippen LogP contribution in [0.1, 0.15) is 60.4 Å². The number of halogens is 2. The molecule has 0 spiro atoms. The number of likely N-dealkylation sites (tertiary alicyclic amines) is 2. The summed E-state index contributed by atoms with van der Waals surface area (Å²) >= 11 is 9.77. The second-order valence-corrected chi connectivity index (χ2v) is 11.5. The van der Waals surface area contributed by atoms with Crippen molar-refractivity contribution in [3.8, 4) is 0 Å². The summed E-state index contributed by atoms with van der Waals surface area (Å²) in [6.45, 7) is 2.61. The fourth-order valence-electron chi connectivity index (χ4n) is 6.01. The fraction of sp³-hybridized carbons (Fsp3) is 0.444. The van der Waals surface area contributed by atoms with Crippen LogP contribution in [0.3, 0.4) is 0 Å². The number of fused-ring (bicyclic) bond motifs is 2. The Morgan fingerprint density at radius 2 is 1.69 bits per heavy atom. The van der Waals surface area contributed by atoms with Gasteiger partial charge in [-0.15, -0.1) is 0 Å². The van der Waals surface area contributed by atoms with Gasteiger partial charge in [-0.1, -0.05) is 23.7 Å². The van der Waals surface area contributed by atoms with E-state index in [0.29, 0.717) is 43.5 Å². The zero-order valence-electron chi connectivity index (χ0n) is 20.0. The van der Waals surface area contributed by atoms with Crippen molar-refractivity contribution in [2.45, 2.75) is 38.0 Å². The second-order valence-electron chi connectivity index (χ2n) is 10.1. The van der Waals surface area contributed by atoms with E-state index in [-0.39, 0.29) is 23.8 Å². The maximum absolute atomic E-state index is 13.2. The minimum absolute atomic E-state index is 0.0803. The van der Waals surface area contributed by atoms with Gasteiger partial charge in [0.1, 0.15) is 0 Å². The van der Waals surface area contributed by atoms with Gasteiger partial charge >= 0.3 is 6.03 Å². The van der Waals surface area contributed by atoms with Gasteiger partial charge in [-0.3, -0.25) is 4.79 Å². The van der Waals surface area contributed by atoms with E-state index in [1.54, 1.807) is 11.1 Å². The van der Waals surface area contributed by atoms with Crippen LogP contribution in [0.2, 0.25) is 5.02 Å². The third-order valence-corrected chi connectivity index (χ3v) is 8.61. The van der Waals surface area contributed by atoms with E-state index in [1.165, 1.54) is 0 Å². The molecule has 0 saturated carbocycles. The summed E-state index contributed by atoms with van der Waals surface area (Å²) in [7, 11) is 0. The van der Waals surface area contributed by atoms with Gasteiger partial charge in [-0.25, -0.2) is 4.79 Å². The van der Waals surface area contributed by atoms with E-state index in [2.05, 4.69) is 15.9 Å². The van der Waals surface area contributed by atoms with Crippen molar-refractivity contribution in [3.05, 3.63) is 67.5 Å². The number of primary amides is 1. The largest absolute Gasteiger partial charge is 0.618 e. The standard InChI is InChI=1S/C27H30BrClN4O3/c28-21-14-20-2-1-19-15-22(29)3-4-23(19)25(26(20)33(36)16-21)18-7-11-31(12-8-18)24(34)13-17-5-9-32(10-6-17)27(30)35/h1-4,14-18,25H,5-13H2,(H2,30,35)/t25-/m0/s1. The van der Waals surface area contributed by atoms with Crippen molar-refractivity contribution < 1.29 is 14.3 Å².